The lowest BCUT2D eigenvalue weighted by atomic mass is 9.93. The Bertz CT molecular complexity index is 335. The highest BCUT2D eigenvalue weighted by atomic mass is 15.2. The first-order valence-corrected chi connectivity index (χ1v) is 4.97. The molecule has 76 valence electrons. The van der Waals surface area contributed by atoms with Crippen LogP contribution in [-0.2, 0) is 6.42 Å². The van der Waals surface area contributed by atoms with Gasteiger partial charge in [0, 0.05) is 31.9 Å². The average molecular weight is 192 g/mol. The topological polar surface area (TPSA) is 55.0 Å². The van der Waals surface area contributed by atoms with E-state index in [1.807, 2.05) is 25.2 Å². The summed E-state index contributed by atoms with van der Waals surface area (Å²) in [6, 6.07) is 0.134. The van der Waals surface area contributed by atoms with Gasteiger partial charge in [0.05, 0.1) is 5.69 Å². The fourth-order valence-electron chi connectivity index (χ4n) is 1.79. The fourth-order valence-corrected chi connectivity index (χ4v) is 1.79. The van der Waals surface area contributed by atoms with E-state index < -0.39 is 0 Å². The number of aryl methyl sites for hydroxylation is 1. The van der Waals surface area contributed by atoms with Crippen LogP contribution in [-0.4, -0.2) is 24.1 Å². The van der Waals surface area contributed by atoms with Crippen molar-refractivity contribution in [2.24, 2.45) is 5.73 Å². The molecule has 4 nitrogen and oxygen atoms in total. The first-order chi connectivity index (χ1) is 6.68. The fraction of sp³-hybridized carbons (Fsp3) is 0.600. The average Bonchev–Trinajstić information content (AvgIpc) is 2.17. The van der Waals surface area contributed by atoms with Crippen molar-refractivity contribution in [1.82, 2.24) is 9.97 Å². The molecule has 0 saturated carbocycles. The number of aromatic nitrogens is 2. The first kappa shape index (κ1) is 9.40. The van der Waals surface area contributed by atoms with E-state index >= 15 is 0 Å². The third-order valence-electron chi connectivity index (χ3n) is 2.62. The molecule has 4 heteroatoms. The summed E-state index contributed by atoms with van der Waals surface area (Å²) in [4.78, 5) is 10.7. The Kier molecular flexibility index (Phi) is 2.37. The van der Waals surface area contributed by atoms with Crippen LogP contribution >= 0.6 is 0 Å². The minimum Gasteiger partial charge on any atom is -0.347 e. The summed E-state index contributed by atoms with van der Waals surface area (Å²) in [5.74, 6) is 0.776. The number of nitrogens with two attached hydrogens (primary N) is 1. The quantitative estimate of drug-likeness (QED) is 0.717. The Hall–Kier alpha value is -1.16. The zero-order valence-electron chi connectivity index (χ0n) is 8.70. The molecule has 2 rings (SSSR count). The lowest BCUT2D eigenvalue weighted by Crippen LogP contribution is -2.21. The zero-order chi connectivity index (χ0) is 10.1. The van der Waals surface area contributed by atoms with E-state index in [-0.39, 0.29) is 6.04 Å². The van der Waals surface area contributed by atoms with Crippen molar-refractivity contribution in [2.75, 3.05) is 19.0 Å². The summed E-state index contributed by atoms with van der Waals surface area (Å²) >= 11 is 0. The number of hydrogen-bond donors (Lipinski definition) is 1. The van der Waals surface area contributed by atoms with Crippen LogP contribution < -0.4 is 10.6 Å². The predicted octanol–water partition coefficient (Wildman–Crippen LogP) is 0.879. The molecular weight excluding hydrogens is 176 g/mol. The summed E-state index contributed by atoms with van der Waals surface area (Å²) in [7, 11) is 3.90. The molecule has 1 aliphatic rings. The van der Waals surface area contributed by atoms with Gasteiger partial charge in [0.1, 0.15) is 0 Å². The van der Waals surface area contributed by atoms with Gasteiger partial charge in [-0.3, -0.25) is 0 Å². The molecule has 0 spiro atoms. The molecule has 1 aliphatic carbocycles. The van der Waals surface area contributed by atoms with Crippen molar-refractivity contribution >= 4 is 5.95 Å². The second-order valence-corrected chi connectivity index (χ2v) is 3.97. The minimum atomic E-state index is 0.134. The monoisotopic (exact) mass is 192 g/mol. The highest BCUT2D eigenvalue weighted by Gasteiger charge is 2.19. The van der Waals surface area contributed by atoms with Crippen molar-refractivity contribution < 1.29 is 0 Å². The van der Waals surface area contributed by atoms with Gasteiger partial charge in [-0.05, 0) is 19.3 Å². The number of rotatable bonds is 1. The van der Waals surface area contributed by atoms with E-state index in [2.05, 4.69) is 9.97 Å². The molecule has 14 heavy (non-hydrogen) atoms. The summed E-state index contributed by atoms with van der Waals surface area (Å²) in [6.07, 6.45) is 5.10. The molecule has 1 atom stereocenters. The van der Waals surface area contributed by atoms with E-state index in [0.29, 0.717) is 0 Å². The van der Waals surface area contributed by atoms with Crippen molar-refractivity contribution in [3.05, 3.63) is 17.5 Å². The molecule has 0 bridgehead atoms. The normalized spacial score (nSPS) is 20.4. The lowest BCUT2D eigenvalue weighted by molar-refractivity contribution is 0.556. The zero-order valence-corrected chi connectivity index (χ0v) is 8.70. The van der Waals surface area contributed by atoms with Gasteiger partial charge in [-0.25, -0.2) is 9.97 Å². The van der Waals surface area contributed by atoms with Crippen LogP contribution in [0.2, 0.25) is 0 Å². The smallest absolute Gasteiger partial charge is 0.225 e. The third-order valence-corrected chi connectivity index (χ3v) is 2.62. The van der Waals surface area contributed by atoms with E-state index in [0.717, 1.165) is 36.5 Å². The van der Waals surface area contributed by atoms with Crippen LogP contribution in [0.4, 0.5) is 5.95 Å². The molecule has 0 aliphatic heterocycles. The van der Waals surface area contributed by atoms with Gasteiger partial charge in [0.2, 0.25) is 5.95 Å². The predicted molar refractivity (Wildman–Crippen MR) is 56.2 cm³/mol. The van der Waals surface area contributed by atoms with E-state index in [1.165, 1.54) is 0 Å². The summed E-state index contributed by atoms with van der Waals surface area (Å²) < 4.78 is 0. The van der Waals surface area contributed by atoms with Gasteiger partial charge >= 0.3 is 0 Å². The molecule has 1 unspecified atom stereocenters. The Morgan fingerprint density at radius 3 is 3.00 bits per heavy atom. The maximum absolute atomic E-state index is 5.98. The van der Waals surface area contributed by atoms with Crippen molar-refractivity contribution in [2.45, 2.75) is 25.3 Å². The minimum absolute atomic E-state index is 0.134. The van der Waals surface area contributed by atoms with E-state index in [9.17, 15) is 0 Å². The van der Waals surface area contributed by atoms with Crippen molar-refractivity contribution in [3.8, 4) is 0 Å². The van der Waals surface area contributed by atoms with E-state index in [1.54, 1.807) is 0 Å². The standard InChI is InChI=1S/C10H16N4/c1-14(2)10-12-6-7-8(11)4-3-5-9(7)13-10/h6,8H,3-5,11H2,1-2H3. The number of nitrogens with zero attached hydrogens (tertiary/aromatic N) is 3. The molecular formula is C10H16N4. The molecule has 0 saturated heterocycles. The van der Waals surface area contributed by atoms with Crippen LogP contribution in [0.15, 0.2) is 6.20 Å². The maximum Gasteiger partial charge on any atom is 0.225 e. The van der Waals surface area contributed by atoms with Crippen LogP contribution in [0.25, 0.3) is 0 Å². The molecule has 1 heterocycles. The van der Waals surface area contributed by atoms with Crippen molar-refractivity contribution in [3.63, 3.8) is 0 Å². The molecule has 2 N–H and O–H groups in total. The molecule has 1 aromatic heterocycles. The van der Waals surface area contributed by atoms with E-state index in [4.69, 9.17) is 5.73 Å². The van der Waals surface area contributed by atoms with Gasteiger partial charge in [-0.15, -0.1) is 0 Å². The van der Waals surface area contributed by atoms with Gasteiger partial charge in [-0.1, -0.05) is 0 Å². The third kappa shape index (κ3) is 1.57. The molecule has 0 fully saturated rings. The number of fused-ring (bicyclic) bond motifs is 1. The Balaban J connectivity index is 2.39. The summed E-state index contributed by atoms with van der Waals surface area (Å²) in [5.41, 5.74) is 8.23. The Morgan fingerprint density at radius 1 is 1.50 bits per heavy atom. The SMILES string of the molecule is CN(C)c1ncc2c(n1)CCCC2N. The number of anilines is 1. The largest absolute Gasteiger partial charge is 0.347 e. The van der Waals surface area contributed by atoms with Gasteiger partial charge in [0.15, 0.2) is 0 Å². The molecule has 0 aromatic carbocycles. The van der Waals surface area contributed by atoms with Crippen LogP contribution in [0.1, 0.15) is 30.1 Å². The van der Waals surface area contributed by atoms with Crippen LogP contribution in [0.5, 0.6) is 0 Å². The Labute approximate surface area is 84.2 Å². The van der Waals surface area contributed by atoms with Gasteiger partial charge in [0.25, 0.3) is 0 Å². The number of hydrogen-bond acceptors (Lipinski definition) is 4. The Morgan fingerprint density at radius 2 is 2.29 bits per heavy atom. The van der Waals surface area contributed by atoms with Gasteiger partial charge < -0.3 is 10.6 Å². The van der Waals surface area contributed by atoms with Gasteiger partial charge in [-0.2, -0.15) is 0 Å². The maximum atomic E-state index is 5.98. The molecule has 1 aromatic rings. The second-order valence-electron chi connectivity index (χ2n) is 3.97. The highest BCUT2D eigenvalue weighted by Crippen LogP contribution is 2.26. The van der Waals surface area contributed by atoms with Crippen LogP contribution in [0, 0.1) is 0 Å². The summed E-state index contributed by atoms with van der Waals surface area (Å²) in [5, 5.41) is 0. The second kappa shape index (κ2) is 3.53. The lowest BCUT2D eigenvalue weighted by Gasteiger charge is -2.22. The van der Waals surface area contributed by atoms with Crippen LogP contribution in [0.3, 0.4) is 0 Å². The summed E-state index contributed by atoms with van der Waals surface area (Å²) in [6.45, 7) is 0. The molecule has 0 amide bonds. The first-order valence-electron chi connectivity index (χ1n) is 4.97. The molecule has 0 radical (unpaired) electrons. The highest BCUT2D eigenvalue weighted by molar-refractivity contribution is 5.33. The van der Waals surface area contributed by atoms with Crippen molar-refractivity contribution in [1.29, 1.82) is 0 Å².